The molecule has 1 aliphatic heterocycles. The van der Waals surface area contributed by atoms with Crippen LogP contribution in [0.1, 0.15) is 49.7 Å². The fraction of sp³-hybridized carbons (Fsp3) is 0.400. The van der Waals surface area contributed by atoms with Crippen molar-refractivity contribution >= 4 is 28.5 Å². The summed E-state index contributed by atoms with van der Waals surface area (Å²) in [4.78, 5) is 37.5. The van der Waals surface area contributed by atoms with Gasteiger partial charge >= 0.3 is 6.09 Å². The van der Waals surface area contributed by atoms with Crippen molar-refractivity contribution in [2.75, 3.05) is 13.1 Å². The van der Waals surface area contributed by atoms with Gasteiger partial charge in [-0.3, -0.25) is 18.9 Å². The van der Waals surface area contributed by atoms with Crippen LogP contribution in [0.4, 0.5) is 9.18 Å². The minimum absolute atomic E-state index is 0.0885. The van der Waals surface area contributed by atoms with E-state index in [4.69, 9.17) is 4.74 Å². The Labute approximate surface area is 282 Å². The van der Waals surface area contributed by atoms with Crippen molar-refractivity contribution in [1.82, 2.24) is 34.5 Å². The van der Waals surface area contributed by atoms with Crippen LogP contribution in [-0.4, -0.2) is 64.7 Å². The first kappa shape index (κ1) is 33.4. The molecule has 2 aromatic carbocycles. The van der Waals surface area contributed by atoms with Crippen LogP contribution in [0.25, 0.3) is 32.7 Å². The summed E-state index contributed by atoms with van der Waals surface area (Å²) >= 11 is 1.53. The molecule has 13 heteroatoms. The number of thiazole rings is 1. The van der Waals surface area contributed by atoms with Crippen molar-refractivity contribution in [1.29, 1.82) is 0 Å². The van der Waals surface area contributed by atoms with Crippen LogP contribution in [0.2, 0.25) is 0 Å². The second kappa shape index (κ2) is 13.2. The second-order valence-corrected chi connectivity index (χ2v) is 14.7. The summed E-state index contributed by atoms with van der Waals surface area (Å²) in [6.07, 6.45) is 3.61. The largest absolute Gasteiger partial charge is 0.444 e. The first-order chi connectivity index (χ1) is 22.8. The number of aryl methyl sites for hydroxylation is 2. The molecular formula is C35H40FN7O4S. The molecule has 48 heavy (non-hydrogen) atoms. The molecule has 11 nitrogen and oxygen atoms in total. The number of aromatic nitrogens is 5. The Morgan fingerprint density at radius 1 is 1.08 bits per heavy atom. The van der Waals surface area contributed by atoms with E-state index < -0.39 is 17.3 Å². The van der Waals surface area contributed by atoms with Gasteiger partial charge in [-0.25, -0.2) is 19.2 Å². The van der Waals surface area contributed by atoms with E-state index in [0.29, 0.717) is 55.8 Å². The van der Waals surface area contributed by atoms with Crippen molar-refractivity contribution in [3.8, 4) is 21.7 Å². The van der Waals surface area contributed by atoms with Crippen molar-refractivity contribution in [3.05, 3.63) is 87.3 Å². The highest BCUT2D eigenvalue weighted by atomic mass is 32.1. The number of ether oxygens (including phenoxy) is 1. The van der Waals surface area contributed by atoms with Crippen molar-refractivity contribution in [2.45, 2.75) is 71.4 Å². The molecule has 0 bridgehead atoms. The number of piperidine rings is 1. The maximum atomic E-state index is 15.0. The number of carbonyl (C=O) groups is 1. The van der Waals surface area contributed by atoms with Gasteiger partial charge < -0.3 is 15.2 Å². The number of nitrogens with one attached hydrogen (secondary N) is 1. The van der Waals surface area contributed by atoms with E-state index in [-0.39, 0.29) is 23.4 Å². The lowest BCUT2D eigenvalue weighted by Gasteiger charge is -2.38. The summed E-state index contributed by atoms with van der Waals surface area (Å²) in [6, 6.07) is 12.9. The van der Waals surface area contributed by atoms with Gasteiger partial charge in [0.2, 0.25) is 0 Å². The molecule has 0 aliphatic carbocycles. The minimum Gasteiger partial charge on any atom is -0.444 e. The number of carbonyl (C=O) groups excluding carboxylic acids is 1. The molecule has 0 saturated carbocycles. The monoisotopic (exact) mass is 673 g/mol. The second-order valence-electron chi connectivity index (χ2n) is 13.4. The number of hydrogen-bond acceptors (Lipinski definition) is 9. The summed E-state index contributed by atoms with van der Waals surface area (Å²) in [5, 5.41) is 19.6. The normalized spacial score (nSPS) is 15.1. The van der Waals surface area contributed by atoms with Gasteiger partial charge in [0, 0.05) is 50.6 Å². The number of benzene rings is 2. The highest BCUT2D eigenvalue weighted by molar-refractivity contribution is 7.15. The lowest BCUT2D eigenvalue weighted by Crippen LogP contribution is -2.47. The van der Waals surface area contributed by atoms with Crippen LogP contribution in [0.5, 0.6) is 0 Å². The topological polar surface area (TPSA) is 127 Å². The Morgan fingerprint density at radius 3 is 2.44 bits per heavy atom. The van der Waals surface area contributed by atoms with Crippen LogP contribution >= 0.6 is 11.3 Å². The number of fused-ring (bicyclic) bond motifs is 1. The Balaban J connectivity index is 1.09. The summed E-state index contributed by atoms with van der Waals surface area (Å²) in [7, 11) is 1.76. The lowest BCUT2D eigenvalue weighted by molar-refractivity contribution is -0.0366. The third kappa shape index (κ3) is 7.48. The Kier molecular flexibility index (Phi) is 9.20. The third-order valence-corrected chi connectivity index (χ3v) is 9.44. The van der Waals surface area contributed by atoms with Gasteiger partial charge in [0.05, 0.1) is 34.1 Å². The molecule has 2 N–H and O–H groups in total. The van der Waals surface area contributed by atoms with E-state index in [1.165, 1.54) is 22.2 Å². The molecule has 1 aliphatic rings. The maximum absolute atomic E-state index is 15.0. The lowest BCUT2D eigenvalue weighted by atomic mass is 9.91. The highest BCUT2D eigenvalue weighted by Gasteiger charge is 2.34. The number of likely N-dealkylation sites (tertiary alicyclic amines) is 1. The van der Waals surface area contributed by atoms with Crippen LogP contribution < -0.4 is 10.9 Å². The number of rotatable bonds is 8. The van der Waals surface area contributed by atoms with Crippen molar-refractivity contribution < 1.29 is 19.0 Å². The van der Waals surface area contributed by atoms with Gasteiger partial charge in [-0.15, -0.1) is 11.3 Å². The molecule has 0 spiro atoms. The molecular weight excluding hydrogens is 633 g/mol. The average molecular weight is 674 g/mol. The predicted octanol–water partition coefficient (Wildman–Crippen LogP) is 5.42. The molecule has 6 rings (SSSR count). The first-order valence-corrected chi connectivity index (χ1v) is 16.7. The number of alkyl carbamates (subject to hydrolysis) is 1. The Bertz CT molecular complexity index is 2000. The summed E-state index contributed by atoms with van der Waals surface area (Å²) < 4.78 is 23.4. The minimum atomic E-state index is -1.11. The van der Waals surface area contributed by atoms with Crippen LogP contribution in [0.3, 0.4) is 0 Å². The van der Waals surface area contributed by atoms with Crippen molar-refractivity contribution in [3.63, 3.8) is 0 Å². The standard InChI is InChI=1S/C35H40FN7O4S/c1-22-37-18-28(48-22)25-10-11-26(27(36)16-25)19-42-14-12-35(46,13-15-42)20-43-21-39-29-30(32(43)44)40-41(5)31(29)24-8-6-23(7-9-24)17-38-33(45)47-34(2,3)4/h6-11,16,18,21,46H,12-15,17,19-20H2,1-5H3,(H,38,45). The predicted molar refractivity (Wildman–Crippen MR) is 183 cm³/mol. The Hall–Kier alpha value is -4.46. The molecule has 5 aromatic rings. The highest BCUT2D eigenvalue weighted by Crippen LogP contribution is 2.30. The number of halogens is 1. The fourth-order valence-electron chi connectivity index (χ4n) is 5.97. The molecule has 1 amide bonds. The van der Waals surface area contributed by atoms with E-state index in [9.17, 15) is 14.7 Å². The molecule has 1 fully saturated rings. The van der Waals surface area contributed by atoms with Gasteiger partial charge in [0.15, 0.2) is 5.52 Å². The van der Waals surface area contributed by atoms with E-state index in [1.807, 2.05) is 64.1 Å². The molecule has 0 radical (unpaired) electrons. The summed E-state index contributed by atoms with van der Waals surface area (Å²) in [5.74, 6) is -0.258. The van der Waals surface area contributed by atoms with Crippen LogP contribution in [-0.2, 0) is 31.4 Å². The zero-order valence-electron chi connectivity index (χ0n) is 27.8. The maximum Gasteiger partial charge on any atom is 0.407 e. The number of aliphatic hydroxyl groups is 1. The third-order valence-electron chi connectivity index (χ3n) is 8.48. The van der Waals surface area contributed by atoms with Gasteiger partial charge in [0.1, 0.15) is 16.9 Å². The smallest absolute Gasteiger partial charge is 0.407 e. The molecule has 252 valence electrons. The van der Waals surface area contributed by atoms with Crippen LogP contribution in [0, 0.1) is 12.7 Å². The van der Waals surface area contributed by atoms with Gasteiger partial charge in [-0.2, -0.15) is 5.10 Å². The quantitative estimate of drug-likeness (QED) is 0.224. The van der Waals surface area contributed by atoms with Crippen molar-refractivity contribution in [2.24, 2.45) is 7.05 Å². The molecule has 1 saturated heterocycles. The number of nitrogens with zero attached hydrogens (tertiary/aromatic N) is 6. The van der Waals surface area contributed by atoms with Gasteiger partial charge in [-0.1, -0.05) is 36.4 Å². The number of hydrogen-bond donors (Lipinski definition) is 2. The zero-order valence-corrected chi connectivity index (χ0v) is 28.6. The first-order valence-electron chi connectivity index (χ1n) is 15.9. The number of amides is 1. The average Bonchev–Trinajstić information content (AvgIpc) is 3.62. The molecule has 3 aromatic heterocycles. The molecule has 4 heterocycles. The zero-order chi connectivity index (χ0) is 34.2. The van der Waals surface area contributed by atoms with Crippen LogP contribution in [0.15, 0.2) is 59.8 Å². The molecule has 0 unspecified atom stereocenters. The fourth-order valence-corrected chi connectivity index (χ4v) is 6.74. The van der Waals surface area contributed by atoms with Gasteiger partial charge in [0.25, 0.3) is 5.56 Å². The van der Waals surface area contributed by atoms with E-state index in [0.717, 1.165) is 26.6 Å². The summed E-state index contributed by atoms with van der Waals surface area (Å²) in [5.41, 5.74) is 2.50. The summed E-state index contributed by atoms with van der Waals surface area (Å²) in [6.45, 7) is 9.32. The Morgan fingerprint density at radius 2 is 1.79 bits per heavy atom. The van der Waals surface area contributed by atoms with E-state index in [1.54, 1.807) is 24.0 Å². The van der Waals surface area contributed by atoms with E-state index >= 15 is 4.39 Å². The molecule has 0 atom stereocenters. The SMILES string of the molecule is Cc1ncc(-c2ccc(CN3CCC(O)(Cn4cnc5c(-c6ccc(CNC(=O)OC(C)(C)C)cc6)n(C)nc5c4=O)CC3)c(F)c2)s1. The van der Waals surface area contributed by atoms with E-state index in [2.05, 4.69) is 25.3 Å². The van der Waals surface area contributed by atoms with Gasteiger partial charge in [-0.05, 0) is 57.7 Å².